The summed E-state index contributed by atoms with van der Waals surface area (Å²) >= 11 is 0. The van der Waals surface area contributed by atoms with Gasteiger partial charge >= 0.3 is 8.80 Å². The Morgan fingerprint density at radius 3 is 1.86 bits per heavy atom. The Hall–Kier alpha value is -1.28. The second-order valence-electron chi connectivity index (χ2n) is 4.41. The Morgan fingerprint density at radius 1 is 1.00 bits per heavy atom. The summed E-state index contributed by atoms with van der Waals surface area (Å²) in [6, 6.07) is 7.23. The molecule has 6 nitrogen and oxygen atoms in total. The van der Waals surface area contributed by atoms with E-state index in [0.717, 1.165) is 5.56 Å². The Bertz CT molecular complexity index is 420. The molecule has 0 unspecified atom stereocenters. The van der Waals surface area contributed by atoms with Gasteiger partial charge in [-0.25, -0.2) is 0 Å². The summed E-state index contributed by atoms with van der Waals surface area (Å²) in [5.74, 6) is 0. The summed E-state index contributed by atoms with van der Waals surface area (Å²) in [6.07, 6.45) is 0.713. The minimum atomic E-state index is -2.65. The van der Waals surface area contributed by atoms with E-state index < -0.39 is 13.7 Å². The lowest BCUT2D eigenvalue weighted by Crippen LogP contribution is -2.46. The summed E-state index contributed by atoms with van der Waals surface area (Å²) < 4.78 is 17.3. The molecule has 7 heteroatoms. The fourth-order valence-corrected chi connectivity index (χ4v) is 4.68. The van der Waals surface area contributed by atoms with Crippen molar-refractivity contribution < 1.29 is 18.2 Å². The first-order chi connectivity index (χ1) is 10.1. The first kappa shape index (κ1) is 17.8. The average Bonchev–Trinajstić information content (AvgIpc) is 2.46. The van der Waals surface area contributed by atoms with Crippen molar-refractivity contribution in [1.29, 1.82) is 0 Å². The van der Waals surface area contributed by atoms with E-state index in [1.54, 1.807) is 12.1 Å². The van der Waals surface area contributed by atoms with Crippen LogP contribution in [-0.2, 0) is 19.7 Å². The molecule has 0 bridgehead atoms. The molecule has 0 aromatic heterocycles. The first-order valence-corrected chi connectivity index (χ1v) is 9.15. The van der Waals surface area contributed by atoms with E-state index in [1.807, 2.05) is 20.8 Å². The van der Waals surface area contributed by atoms with Gasteiger partial charge in [0, 0.05) is 38.0 Å². The molecule has 1 aromatic carbocycles. The van der Waals surface area contributed by atoms with Gasteiger partial charge in [-0.3, -0.25) is 10.1 Å². The lowest BCUT2D eigenvalue weighted by atomic mass is 10.1. The minimum Gasteiger partial charge on any atom is -0.374 e. The molecule has 0 spiro atoms. The number of benzene rings is 1. The Labute approximate surface area is 126 Å². The van der Waals surface area contributed by atoms with E-state index in [4.69, 9.17) is 13.3 Å². The fraction of sp³-hybridized carbons (Fsp3) is 0.571. The Balaban J connectivity index is 2.72. The monoisotopic (exact) mass is 313 g/mol. The zero-order valence-electron chi connectivity index (χ0n) is 12.8. The number of nitro benzene ring substituents is 1. The van der Waals surface area contributed by atoms with Gasteiger partial charge in [0.15, 0.2) is 0 Å². The molecule has 0 aliphatic rings. The molecule has 0 atom stereocenters. The van der Waals surface area contributed by atoms with Crippen LogP contribution in [0.4, 0.5) is 5.69 Å². The smallest absolute Gasteiger partial charge is 0.374 e. The van der Waals surface area contributed by atoms with Gasteiger partial charge in [0.25, 0.3) is 5.69 Å². The van der Waals surface area contributed by atoms with Gasteiger partial charge in [-0.2, -0.15) is 0 Å². The normalized spacial score (nSPS) is 11.6. The van der Waals surface area contributed by atoms with E-state index in [2.05, 4.69) is 0 Å². The largest absolute Gasteiger partial charge is 0.501 e. The van der Waals surface area contributed by atoms with Gasteiger partial charge in [0.2, 0.25) is 0 Å². The molecule has 0 N–H and O–H groups in total. The molecule has 1 aromatic rings. The van der Waals surface area contributed by atoms with Crippen LogP contribution >= 0.6 is 0 Å². The molecule has 0 heterocycles. The molecule has 0 saturated carbocycles. The van der Waals surface area contributed by atoms with Crippen LogP contribution < -0.4 is 0 Å². The number of nitrogens with zero attached hydrogens (tertiary/aromatic N) is 1. The van der Waals surface area contributed by atoms with Crippen molar-refractivity contribution in [3.05, 3.63) is 39.9 Å². The quantitative estimate of drug-likeness (QED) is 0.377. The maximum atomic E-state index is 10.6. The van der Waals surface area contributed by atoms with E-state index in [1.165, 1.54) is 12.1 Å². The molecule has 0 aliphatic carbocycles. The predicted molar refractivity (Wildman–Crippen MR) is 82.2 cm³/mol. The van der Waals surface area contributed by atoms with Crippen molar-refractivity contribution >= 4 is 14.5 Å². The number of non-ortho nitro benzene ring substituents is 1. The molecule has 0 aliphatic heterocycles. The highest BCUT2D eigenvalue weighted by Gasteiger charge is 2.39. The third-order valence-electron chi connectivity index (χ3n) is 2.96. The van der Waals surface area contributed by atoms with Crippen LogP contribution in [0.5, 0.6) is 0 Å². The zero-order valence-corrected chi connectivity index (χ0v) is 13.8. The topological polar surface area (TPSA) is 70.8 Å². The summed E-state index contributed by atoms with van der Waals surface area (Å²) in [5, 5.41) is 10.6. The van der Waals surface area contributed by atoms with E-state index in [9.17, 15) is 10.1 Å². The number of hydrogen-bond donors (Lipinski definition) is 0. The van der Waals surface area contributed by atoms with Gasteiger partial charge in [-0.1, -0.05) is 12.1 Å². The summed E-state index contributed by atoms with van der Waals surface area (Å²) in [7, 11) is -2.65. The van der Waals surface area contributed by atoms with Crippen molar-refractivity contribution in [2.75, 3.05) is 19.8 Å². The highest BCUT2D eigenvalue weighted by molar-refractivity contribution is 6.60. The second-order valence-corrected chi connectivity index (χ2v) is 7.14. The SMILES string of the molecule is CCO[Si](CCc1ccc([N+](=O)[O-])cc1)(OCC)OCC. The van der Waals surface area contributed by atoms with Gasteiger partial charge in [-0.05, 0) is 32.8 Å². The van der Waals surface area contributed by atoms with Crippen LogP contribution in [-0.4, -0.2) is 33.5 Å². The van der Waals surface area contributed by atoms with Gasteiger partial charge in [0.05, 0.1) is 4.92 Å². The minimum absolute atomic E-state index is 0.0988. The summed E-state index contributed by atoms with van der Waals surface area (Å²) in [4.78, 5) is 10.2. The van der Waals surface area contributed by atoms with Gasteiger partial charge in [0.1, 0.15) is 0 Å². The van der Waals surface area contributed by atoms with Gasteiger partial charge in [-0.15, -0.1) is 0 Å². The molecule has 0 fully saturated rings. The second kappa shape index (κ2) is 8.88. The molecule has 1 rings (SSSR count). The number of aryl methyl sites for hydroxylation is 1. The van der Waals surface area contributed by atoms with E-state index in [-0.39, 0.29) is 5.69 Å². The van der Waals surface area contributed by atoms with Crippen LogP contribution in [0, 0.1) is 10.1 Å². The van der Waals surface area contributed by atoms with Crippen molar-refractivity contribution in [3.8, 4) is 0 Å². The molecule has 0 saturated heterocycles. The Kier molecular flexibility index (Phi) is 7.52. The van der Waals surface area contributed by atoms with Crippen molar-refractivity contribution in [3.63, 3.8) is 0 Å². The molecular weight excluding hydrogens is 290 g/mol. The number of nitro groups is 1. The van der Waals surface area contributed by atoms with Crippen LogP contribution in [0.2, 0.25) is 6.04 Å². The lowest BCUT2D eigenvalue weighted by molar-refractivity contribution is -0.384. The Morgan fingerprint density at radius 2 is 1.48 bits per heavy atom. The first-order valence-electron chi connectivity index (χ1n) is 7.22. The van der Waals surface area contributed by atoms with Crippen LogP contribution in [0.1, 0.15) is 26.3 Å². The zero-order chi connectivity index (χ0) is 15.7. The van der Waals surface area contributed by atoms with Crippen LogP contribution in [0.3, 0.4) is 0 Å². The maximum absolute atomic E-state index is 10.6. The summed E-state index contributed by atoms with van der Waals surface area (Å²) in [6.45, 7) is 7.41. The third-order valence-corrected chi connectivity index (χ3v) is 6.01. The van der Waals surface area contributed by atoms with Crippen molar-refractivity contribution in [2.45, 2.75) is 33.2 Å². The maximum Gasteiger partial charge on any atom is 0.501 e. The van der Waals surface area contributed by atoms with Crippen molar-refractivity contribution in [2.24, 2.45) is 0 Å². The van der Waals surface area contributed by atoms with Crippen LogP contribution in [0.25, 0.3) is 0 Å². The van der Waals surface area contributed by atoms with E-state index >= 15 is 0 Å². The average molecular weight is 313 g/mol. The highest BCUT2D eigenvalue weighted by atomic mass is 28.4. The number of rotatable bonds is 10. The van der Waals surface area contributed by atoms with E-state index in [0.29, 0.717) is 32.3 Å². The molecule has 0 radical (unpaired) electrons. The fourth-order valence-electron chi connectivity index (χ4n) is 2.08. The van der Waals surface area contributed by atoms with Crippen molar-refractivity contribution in [1.82, 2.24) is 0 Å². The molecule has 21 heavy (non-hydrogen) atoms. The lowest BCUT2D eigenvalue weighted by Gasteiger charge is -2.28. The summed E-state index contributed by atoms with van der Waals surface area (Å²) in [5.41, 5.74) is 1.11. The van der Waals surface area contributed by atoms with Gasteiger partial charge < -0.3 is 13.3 Å². The standard InChI is InChI=1S/C14H23NO5Si/c1-4-18-21(19-5-2,20-6-3)12-11-13-7-9-14(10-8-13)15(16)17/h7-10H,4-6,11-12H2,1-3H3. The number of hydrogen-bond acceptors (Lipinski definition) is 5. The third kappa shape index (κ3) is 5.54. The highest BCUT2D eigenvalue weighted by Crippen LogP contribution is 2.20. The predicted octanol–water partition coefficient (Wildman–Crippen LogP) is 3.19. The molecule has 0 amide bonds. The van der Waals surface area contributed by atoms with Crippen LogP contribution in [0.15, 0.2) is 24.3 Å². The molecule has 118 valence electrons. The molecular formula is C14H23NO5Si.